The van der Waals surface area contributed by atoms with Gasteiger partial charge in [0.25, 0.3) is 0 Å². The van der Waals surface area contributed by atoms with E-state index in [1.807, 2.05) is 14.1 Å². The third-order valence-electron chi connectivity index (χ3n) is 3.84. The highest BCUT2D eigenvalue weighted by atomic mass is 19.4. The summed E-state index contributed by atoms with van der Waals surface area (Å²) in [6, 6.07) is 5.27. The van der Waals surface area contributed by atoms with Crippen molar-refractivity contribution >= 4 is 5.96 Å². The molecule has 7 heteroatoms. The summed E-state index contributed by atoms with van der Waals surface area (Å²) in [5, 5.41) is 6.21. The number of likely N-dealkylation sites (N-methyl/N-ethyl adjacent to an activating group) is 1. The minimum absolute atomic E-state index is 0.0756. The van der Waals surface area contributed by atoms with E-state index < -0.39 is 11.7 Å². The monoisotopic (exact) mass is 330 g/mol. The molecule has 0 spiro atoms. The van der Waals surface area contributed by atoms with Crippen LogP contribution in [0.5, 0.6) is 0 Å². The van der Waals surface area contributed by atoms with Crippen molar-refractivity contribution < 1.29 is 13.2 Å². The van der Waals surface area contributed by atoms with Crippen LogP contribution in [-0.4, -0.2) is 44.1 Å². The van der Waals surface area contributed by atoms with Gasteiger partial charge in [-0.2, -0.15) is 13.2 Å². The Bertz CT molecular complexity index is 536. The molecule has 0 saturated carbocycles. The first-order valence-corrected chi connectivity index (χ1v) is 7.34. The van der Waals surface area contributed by atoms with Gasteiger partial charge < -0.3 is 15.5 Å². The molecule has 0 aliphatic carbocycles. The van der Waals surface area contributed by atoms with Crippen LogP contribution in [0.2, 0.25) is 0 Å². The van der Waals surface area contributed by atoms with Crippen LogP contribution in [-0.2, 0) is 12.7 Å². The van der Waals surface area contributed by atoms with Crippen LogP contribution in [0.4, 0.5) is 13.2 Å². The van der Waals surface area contributed by atoms with E-state index in [1.165, 1.54) is 6.07 Å². The zero-order valence-corrected chi connectivity index (χ0v) is 14.3. The Morgan fingerprint density at radius 2 is 1.83 bits per heavy atom. The number of alkyl halides is 3. The van der Waals surface area contributed by atoms with Crippen molar-refractivity contribution in [3.63, 3.8) is 0 Å². The van der Waals surface area contributed by atoms with Crippen molar-refractivity contribution in [2.75, 3.05) is 27.7 Å². The maximum atomic E-state index is 12.7. The zero-order valence-electron chi connectivity index (χ0n) is 14.3. The maximum absolute atomic E-state index is 12.7. The standard InChI is InChI=1S/C16H25F3N4/c1-15(2,23(4)5)11-22-14(20-3)21-10-12-7-6-8-13(9-12)16(17,18)19/h6-9H,10-11H2,1-5H3,(H2,20,21,22). The lowest BCUT2D eigenvalue weighted by atomic mass is 10.0. The van der Waals surface area contributed by atoms with Crippen molar-refractivity contribution in [2.24, 2.45) is 4.99 Å². The predicted octanol–water partition coefficient (Wildman–Crippen LogP) is 2.71. The summed E-state index contributed by atoms with van der Waals surface area (Å²) in [6.07, 6.45) is -4.33. The quantitative estimate of drug-likeness (QED) is 0.644. The van der Waals surface area contributed by atoms with Crippen LogP contribution < -0.4 is 10.6 Å². The SMILES string of the molecule is CN=C(NCc1cccc(C(F)(F)F)c1)NCC(C)(C)N(C)C. The number of guanidine groups is 1. The second-order valence-electron chi connectivity index (χ2n) is 6.18. The number of benzene rings is 1. The van der Waals surface area contributed by atoms with Gasteiger partial charge in [-0.15, -0.1) is 0 Å². The van der Waals surface area contributed by atoms with E-state index in [9.17, 15) is 13.2 Å². The molecule has 0 aliphatic heterocycles. The lowest BCUT2D eigenvalue weighted by Crippen LogP contribution is -2.50. The van der Waals surface area contributed by atoms with Gasteiger partial charge in [-0.1, -0.05) is 12.1 Å². The highest BCUT2D eigenvalue weighted by Crippen LogP contribution is 2.29. The van der Waals surface area contributed by atoms with Gasteiger partial charge in [0.15, 0.2) is 5.96 Å². The molecule has 1 aromatic rings. The molecular formula is C16H25F3N4. The summed E-state index contributed by atoms with van der Waals surface area (Å²) in [5.41, 5.74) is -0.170. The van der Waals surface area contributed by atoms with Gasteiger partial charge in [-0.25, -0.2) is 0 Å². The molecule has 0 aliphatic rings. The molecule has 0 radical (unpaired) electrons. The minimum Gasteiger partial charge on any atom is -0.355 e. The van der Waals surface area contributed by atoms with Crippen LogP contribution in [0, 0.1) is 0 Å². The summed E-state index contributed by atoms with van der Waals surface area (Å²) in [4.78, 5) is 6.17. The maximum Gasteiger partial charge on any atom is 0.416 e. The normalized spacial score (nSPS) is 13.3. The van der Waals surface area contributed by atoms with Crippen molar-refractivity contribution in [2.45, 2.75) is 32.1 Å². The van der Waals surface area contributed by atoms with Gasteiger partial charge in [-0.3, -0.25) is 4.99 Å². The summed E-state index contributed by atoms with van der Waals surface area (Å²) in [5.74, 6) is 0.553. The average molecular weight is 330 g/mol. The van der Waals surface area contributed by atoms with Crippen molar-refractivity contribution in [1.29, 1.82) is 0 Å². The molecule has 2 N–H and O–H groups in total. The van der Waals surface area contributed by atoms with E-state index in [-0.39, 0.29) is 12.1 Å². The molecule has 130 valence electrons. The molecule has 0 bridgehead atoms. The number of nitrogens with zero attached hydrogens (tertiary/aromatic N) is 2. The van der Waals surface area contributed by atoms with Gasteiger partial charge >= 0.3 is 6.18 Å². The van der Waals surface area contributed by atoms with Crippen molar-refractivity contribution in [3.8, 4) is 0 Å². The van der Waals surface area contributed by atoms with Crippen LogP contribution in [0.3, 0.4) is 0 Å². The Hall–Kier alpha value is -1.76. The summed E-state index contributed by atoms with van der Waals surface area (Å²) in [7, 11) is 5.60. The Morgan fingerprint density at radius 1 is 1.17 bits per heavy atom. The molecule has 0 amide bonds. The molecule has 4 nitrogen and oxygen atoms in total. The zero-order chi connectivity index (χ0) is 17.7. The Morgan fingerprint density at radius 3 is 2.35 bits per heavy atom. The summed E-state index contributed by atoms with van der Waals surface area (Å²) < 4.78 is 38.1. The molecule has 0 saturated heterocycles. The van der Waals surface area contributed by atoms with Gasteiger partial charge in [0.2, 0.25) is 0 Å². The number of rotatable bonds is 5. The molecule has 1 aromatic carbocycles. The van der Waals surface area contributed by atoms with E-state index in [0.29, 0.717) is 18.1 Å². The third-order valence-corrected chi connectivity index (χ3v) is 3.84. The van der Waals surface area contributed by atoms with E-state index in [2.05, 4.69) is 34.4 Å². The summed E-state index contributed by atoms with van der Waals surface area (Å²) >= 11 is 0. The van der Waals surface area contributed by atoms with Crippen molar-refractivity contribution in [1.82, 2.24) is 15.5 Å². The second kappa shape index (κ2) is 7.68. The largest absolute Gasteiger partial charge is 0.416 e. The number of hydrogen-bond acceptors (Lipinski definition) is 2. The molecule has 23 heavy (non-hydrogen) atoms. The Kier molecular flexibility index (Phi) is 6.44. The van der Waals surface area contributed by atoms with Gasteiger partial charge in [-0.05, 0) is 45.6 Å². The first-order valence-electron chi connectivity index (χ1n) is 7.34. The second-order valence-corrected chi connectivity index (χ2v) is 6.18. The molecular weight excluding hydrogens is 305 g/mol. The van der Waals surface area contributed by atoms with E-state index in [4.69, 9.17) is 0 Å². The summed E-state index contributed by atoms with van der Waals surface area (Å²) in [6.45, 7) is 5.09. The van der Waals surface area contributed by atoms with Crippen LogP contribution >= 0.6 is 0 Å². The topological polar surface area (TPSA) is 39.7 Å². The Balaban J connectivity index is 2.62. The molecule has 0 aromatic heterocycles. The number of halogens is 3. The fraction of sp³-hybridized carbons (Fsp3) is 0.562. The number of aliphatic imine (C=N–C) groups is 1. The van der Waals surface area contributed by atoms with Gasteiger partial charge in [0, 0.05) is 25.7 Å². The number of nitrogens with one attached hydrogen (secondary N) is 2. The molecule has 1 rings (SSSR count). The highest BCUT2D eigenvalue weighted by Gasteiger charge is 2.30. The average Bonchev–Trinajstić information content (AvgIpc) is 2.46. The molecule has 0 heterocycles. The van der Waals surface area contributed by atoms with Crippen LogP contribution in [0.1, 0.15) is 25.0 Å². The fourth-order valence-corrected chi connectivity index (χ4v) is 1.72. The lowest BCUT2D eigenvalue weighted by Gasteiger charge is -2.33. The fourth-order valence-electron chi connectivity index (χ4n) is 1.72. The van der Waals surface area contributed by atoms with E-state index in [0.717, 1.165) is 12.1 Å². The smallest absolute Gasteiger partial charge is 0.355 e. The van der Waals surface area contributed by atoms with Gasteiger partial charge in [0.05, 0.1) is 5.56 Å². The first kappa shape index (κ1) is 19.3. The first-order chi connectivity index (χ1) is 10.6. The van der Waals surface area contributed by atoms with Gasteiger partial charge in [0.1, 0.15) is 0 Å². The lowest BCUT2D eigenvalue weighted by molar-refractivity contribution is -0.137. The molecule has 0 atom stereocenters. The highest BCUT2D eigenvalue weighted by molar-refractivity contribution is 5.79. The number of hydrogen-bond donors (Lipinski definition) is 2. The third kappa shape index (κ3) is 6.09. The Labute approximate surface area is 135 Å². The molecule has 0 unspecified atom stereocenters. The van der Waals surface area contributed by atoms with Crippen LogP contribution in [0.25, 0.3) is 0 Å². The van der Waals surface area contributed by atoms with Crippen molar-refractivity contribution in [3.05, 3.63) is 35.4 Å². The van der Waals surface area contributed by atoms with Crippen LogP contribution in [0.15, 0.2) is 29.3 Å². The van der Waals surface area contributed by atoms with E-state index >= 15 is 0 Å². The van der Waals surface area contributed by atoms with E-state index in [1.54, 1.807) is 13.1 Å². The molecule has 0 fully saturated rings. The predicted molar refractivity (Wildman–Crippen MR) is 87.4 cm³/mol. The minimum atomic E-state index is -4.33.